The fourth-order valence-corrected chi connectivity index (χ4v) is 1.85. The molecule has 0 aromatic heterocycles. The van der Waals surface area contributed by atoms with Crippen LogP contribution in [0.3, 0.4) is 0 Å². The van der Waals surface area contributed by atoms with E-state index in [0.29, 0.717) is 32.2 Å². The summed E-state index contributed by atoms with van der Waals surface area (Å²) in [5, 5.41) is 2.90. The number of carbonyl (C=O) groups is 2. The molecule has 0 aliphatic carbocycles. The molecule has 0 aromatic carbocycles. The second-order valence-corrected chi connectivity index (χ2v) is 6.48. The topological polar surface area (TPSA) is 72.2 Å². The monoisotopic (exact) mass is 282 g/mol. The van der Waals surface area contributed by atoms with E-state index in [9.17, 15) is 9.59 Å². The van der Waals surface area contributed by atoms with E-state index in [1.807, 2.05) is 20.8 Å². The molecule has 4 nitrogen and oxygen atoms in total. The summed E-state index contributed by atoms with van der Waals surface area (Å²) in [5.74, 6) is 0.186. The highest BCUT2D eigenvalue weighted by atomic mass is 16.1. The molecule has 0 rings (SSSR count). The summed E-state index contributed by atoms with van der Waals surface area (Å²) < 4.78 is 0. The first-order valence-corrected chi connectivity index (χ1v) is 7.42. The van der Waals surface area contributed by atoms with Gasteiger partial charge in [0, 0.05) is 19.4 Å². The van der Waals surface area contributed by atoms with Gasteiger partial charge in [0.2, 0.25) is 5.91 Å². The molecule has 0 aromatic rings. The average Bonchev–Trinajstić information content (AvgIpc) is 2.32. The van der Waals surface area contributed by atoms with Crippen LogP contribution < -0.4 is 11.1 Å². The average molecular weight is 282 g/mol. The molecular weight excluding hydrogens is 252 g/mol. The fraction of sp³-hybridized carbons (Fsp3) is 0.750. The van der Waals surface area contributed by atoms with Gasteiger partial charge in [-0.2, -0.15) is 0 Å². The zero-order valence-electron chi connectivity index (χ0n) is 13.2. The Kier molecular flexibility index (Phi) is 9.14. The summed E-state index contributed by atoms with van der Waals surface area (Å²) in [6.45, 7) is 10.4. The molecule has 0 saturated heterocycles. The number of nitrogens with one attached hydrogen (secondary N) is 1. The minimum atomic E-state index is -0.375. The van der Waals surface area contributed by atoms with Gasteiger partial charge in [0.25, 0.3) is 0 Å². The van der Waals surface area contributed by atoms with Crippen molar-refractivity contribution >= 4 is 11.7 Å². The van der Waals surface area contributed by atoms with Crippen LogP contribution in [0.5, 0.6) is 0 Å². The molecule has 0 bridgehead atoms. The van der Waals surface area contributed by atoms with Gasteiger partial charge >= 0.3 is 0 Å². The number of nitrogens with two attached hydrogens (primary N) is 1. The Hall–Kier alpha value is -1.16. The van der Waals surface area contributed by atoms with Gasteiger partial charge in [0.1, 0.15) is 5.78 Å². The number of ketones is 1. The standard InChI is InChI=1S/C16H30N2O2/c1-5-6-10-14(19)13(17)9-7-8-11-18-15(20)12-16(2,3)4/h5,13H,1,6-12,17H2,2-4H3,(H,18,20). The number of unbranched alkanes of at least 4 members (excludes halogenated alkanes) is 1. The van der Waals surface area contributed by atoms with E-state index < -0.39 is 0 Å². The highest BCUT2D eigenvalue weighted by molar-refractivity contribution is 5.83. The quantitative estimate of drug-likeness (QED) is 0.478. The fourth-order valence-electron chi connectivity index (χ4n) is 1.85. The van der Waals surface area contributed by atoms with Crippen molar-refractivity contribution in [2.75, 3.05) is 6.54 Å². The van der Waals surface area contributed by atoms with E-state index in [4.69, 9.17) is 5.73 Å². The van der Waals surface area contributed by atoms with Crippen molar-refractivity contribution in [2.45, 2.75) is 65.3 Å². The largest absolute Gasteiger partial charge is 0.356 e. The van der Waals surface area contributed by atoms with Gasteiger partial charge in [-0.3, -0.25) is 9.59 Å². The second-order valence-electron chi connectivity index (χ2n) is 6.48. The Morgan fingerprint density at radius 1 is 1.30 bits per heavy atom. The first kappa shape index (κ1) is 18.8. The number of Topliss-reactive ketones (excluding diaryl/α,β-unsaturated/α-hetero) is 1. The number of rotatable bonds is 10. The number of carbonyl (C=O) groups excluding carboxylic acids is 2. The van der Waals surface area contributed by atoms with Crippen LogP contribution in [0.25, 0.3) is 0 Å². The third kappa shape index (κ3) is 10.7. The molecule has 1 unspecified atom stereocenters. The minimum Gasteiger partial charge on any atom is -0.356 e. The maximum Gasteiger partial charge on any atom is 0.220 e. The lowest BCUT2D eigenvalue weighted by molar-refractivity contribution is -0.123. The molecular formula is C16H30N2O2. The van der Waals surface area contributed by atoms with Crippen molar-refractivity contribution in [1.82, 2.24) is 5.32 Å². The van der Waals surface area contributed by atoms with Crippen molar-refractivity contribution in [3.63, 3.8) is 0 Å². The summed E-state index contributed by atoms with van der Waals surface area (Å²) >= 11 is 0. The van der Waals surface area contributed by atoms with Gasteiger partial charge < -0.3 is 11.1 Å². The molecule has 20 heavy (non-hydrogen) atoms. The number of amides is 1. The summed E-state index contributed by atoms with van der Waals surface area (Å²) in [6, 6.07) is -0.375. The van der Waals surface area contributed by atoms with E-state index in [1.165, 1.54) is 0 Å². The molecule has 3 N–H and O–H groups in total. The van der Waals surface area contributed by atoms with E-state index in [0.717, 1.165) is 12.8 Å². The Morgan fingerprint density at radius 3 is 2.50 bits per heavy atom. The number of allylic oxidation sites excluding steroid dienone is 1. The Bertz CT molecular complexity index is 319. The molecule has 0 saturated carbocycles. The zero-order chi connectivity index (χ0) is 15.6. The smallest absolute Gasteiger partial charge is 0.220 e. The van der Waals surface area contributed by atoms with Crippen LogP contribution in [0.15, 0.2) is 12.7 Å². The molecule has 0 radical (unpaired) electrons. The SMILES string of the molecule is C=CCCC(=O)C(N)CCCCNC(=O)CC(C)(C)C. The lowest BCUT2D eigenvalue weighted by atomic mass is 9.92. The van der Waals surface area contributed by atoms with Gasteiger partial charge in [-0.15, -0.1) is 6.58 Å². The first-order valence-electron chi connectivity index (χ1n) is 7.42. The normalized spacial score (nSPS) is 12.8. The Morgan fingerprint density at radius 2 is 1.95 bits per heavy atom. The summed E-state index contributed by atoms with van der Waals surface area (Å²) in [7, 11) is 0. The third-order valence-electron chi connectivity index (χ3n) is 2.96. The third-order valence-corrected chi connectivity index (χ3v) is 2.96. The number of hydrogen-bond acceptors (Lipinski definition) is 3. The Balaban J connectivity index is 3.64. The lowest BCUT2D eigenvalue weighted by Gasteiger charge is -2.17. The predicted octanol–water partition coefficient (Wildman–Crippen LogP) is 2.57. The van der Waals surface area contributed by atoms with Crippen molar-refractivity contribution in [2.24, 2.45) is 11.1 Å². The highest BCUT2D eigenvalue weighted by Crippen LogP contribution is 2.17. The van der Waals surface area contributed by atoms with Crippen LogP contribution in [0, 0.1) is 5.41 Å². The van der Waals surface area contributed by atoms with E-state index in [1.54, 1.807) is 6.08 Å². The van der Waals surface area contributed by atoms with Crippen LogP contribution >= 0.6 is 0 Å². The number of hydrogen-bond donors (Lipinski definition) is 2. The van der Waals surface area contributed by atoms with Crippen LogP contribution in [0.1, 0.15) is 59.3 Å². The summed E-state index contributed by atoms with van der Waals surface area (Å²) in [6.07, 6.45) is 5.84. The van der Waals surface area contributed by atoms with Gasteiger partial charge in [-0.1, -0.05) is 26.8 Å². The van der Waals surface area contributed by atoms with Crippen LogP contribution in [0.2, 0.25) is 0 Å². The molecule has 1 amide bonds. The van der Waals surface area contributed by atoms with Crippen molar-refractivity contribution < 1.29 is 9.59 Å². The molecule has 0 aliphatic heterocycles. The highest BCUT2D eigenvalue weighted by Gasteiger charge is 2.15. The van der Waals surface area contributed by atoms with Gasteiger partial charge in [0.15, 0.2) is 0 Å². The van der Waals surface area contributed by atoms with Crippen LogP contribution in [0.4, 0.5) is 0 Å². The minimum absolute atomic E-state index is 0.0179. The summed E-state index contributed by atoms with van der Waals surface area (Å²) in [5.41, 5.74) is 5.83. The van der Waals surface area contributed by atoms with Crippen LogP contribution in [-0.2, 0) is 9.59 Å². The van der Waals surface area contributed by atoms with Crippen molar-refractivity contribution in [1.29, 1.82) is 0 Å². The van der Waals surface area contributed by atoms with E-state index >= 15 is 0 Å². The van der Waals surface area contributed by atoms with Gasteiger partial charge in [0.05, 0.1) is 6.04 Å². The van der Waals surface area contributed by atoms with E-state index in [2.05, 4.69) is 11.9 Å². The van der Waals surface area contributed by atoms with Gasteiger partial charge in [-0.25, -0.2) is 0 Å². The van der Waals surface area contributed by atoms with E-state index in [-0.39, 0.29) is 23.1 Å². The van der Waals surface area contributed by atoms with Gasteiger partial charge in [-0.05, 0) is 31.1 Å². The molecule has 0 aliphatic rings. The molecule has 0 fully saturated rings. The lowest BCUT2D eigenvalue weighted by Crippen LogP contribution is -2.31. The zero-order valence-corrected chi connectivity index (χ0v) is 13.2. The molecule has 1 atom stereocenters. The molecule has 4 heteroatoms. The molecule has 0 spiro atoms. The first-order chi connectivity index (χ1) is 9.26. The molecule has 116 valence electrons. The van der Waals surface area contributed by atoms with Crippen molar-refractivity contribution in [3.8, 4) is 0 Å². The maximum atomic E-state index is 11.6. The maximum absolute atomic E-state index is 11.6. The summed E-state index contributed by atoms with van der Waals surface area (Å²) in [4.78, 5) is 23.2. The predicted molar refractivity (Wildman–Crippen MR) is 83.3 cm³/mol. The van der Waals surface area contributed by atoms with Crippen molar-refractivity contribution in [3.05, 3.63) is 12.7 Å². The molecule has 0 heterocycles. The second kappa shape index (κ2) is 9.70. The van der Waals surface area contributed by atoms with Crippen LogP contribution in [-0.4, -0.2) is 24.3 Å². The Labute approximate surface area is 123 Å².